The number of benzene rings is 1. The molecule has 3 unspecified atom stereocenters. The van der Waals surface area contributed by atoms with E-state index in [9.17, 15) is 0 Å². The standard InChI is InChI=1S/C28H42OSi/c1-8-10-14-22-20-21-15-11-12-16-23(21)27(22)30(6,7)25-18-13-17-24(28(3,4)5)26(25)29-19-9-2/h9,11-13,16-18,21-22,27H,2,8,10,14-15,19-20H2,1,3-7H3. The zero-order chi connectivity index (χ0) is 21.9. The Balaban J connectivity index is 2.11. The van der Waals surface area contributed by atoms with Crippen molar-refractivity contribution in [1.29, 1.82) is 0 Å². The van der Waals surface area contributed by atoms with Gasteiger partial charge in [-0.1, -0.05) is 115 Å². The first-order valence-electron chi connectivity index (χ1n) is 12.0. The molecule has 2 aliphatic carbocycles. The van der Waals surface area contributed by atoms with Gasteiger partial charge < -0.3 is 4.74 Å². The maximum atomic E-state index is 6.43. The SMILES string of the molecule is C=CCOc1c(C(C)(C)C)cccc1[Si](C)(C)C1C2=CC=CCC2CC1CCCC. The van der Waals surface area contributed by atoms with E-state index >= 15 is 0 Å². The molecule has 0 N–H and O–H groups in total. The summed E-state index contributed by atoms with van der Waals surface area (Å²) in [5, 5.41) is 1.50. The fraction of sp³-hybridized carbons (Fsp3) is 0.571. The molecule has 2 aliphatic rings. The average molecular weight is 423 g/mol. The maximum absolute atomic E-state index is 6.43. The molecule has 0 heterocycles. The molecular formula is C28H42OSi. The zero-order valence-corrected chi connectivity index (χ0v) is 21.1. The van der Waals surface area contributed by atoms with Gasteiger partial charge in [0, 0.05) is 0 Å². The zero-order valence-electron chi connectivity index (χ0n) is 20.1. The van der Waals surface area contributed by atoms with Crippen LogP contribution in [0, 0.1) is 11.8 Å². The Labute approximate surface area is 186 Å². The Morgan fingerprint density at radius 3 is 2.67 bits per heavy atom. The Morgan fingerprint density at radius 1 is 1.23 bits per heavy atom. The van der Waals surface area contributed by atoms with Crippen LogP contribution in [0.2, 0.25) is 18.6 Å². The van der Waals surface area contributed by atoms with Crippen molar-refractivity contribution in [2.75, 3.05) is 6.61 Å². The number of para-hydroxylation sites is 1. The summed E-state index contributed by atoms with van der Waals surface area (Å²) in [6, 6.07) is 6.92. The van der Waals surface area contributed by atoms with Crippen LogP contribution in [0.15, 0.2) is 54.7 Å². The highest BCUT2D eigenvalue weighted by atomic mass is 28.3. The number of ether oxygens (including phenoxy) is 1. The fourth-order valence-corrected chi connectivity index (χ4v) is 10.2. The molecule has 3 rings (SSSR count). The van der Waals surface area contributed by atoms with E-state index in [4.69, 9.17) is 4.74 Å². The summed E-state index contributed by atoms with van der Waals surface area (Å²) in [6.45, 7) is 18.9. The third-order valence-corrected chi connectivity index (χ3v) is 11.4. The van der Waals surface area contributed by atoms with Crippen LogP contribution >= 0.6 is 0 Å². The Bertz CT molecular complexity index is 808. The van der Waals surface area contributed by atoms with Gasteiger partial charge in [-0.3, -0.25) is 0 Å². The molecule has 3 atom stereocenters. The van der Waals surface area contributed by atoms with Crippen molar-refractivity contribution >= 4 is 13.3 Å². The second kappa shape index (κ2) is 9.30. The van der Waals surface area contributed by atoms with Gasteiger partial charge in [0.25, 0.3) is 0 Å². The van der Waals surface area contributed by atoms with Gasteiger partial charge in [-0.05, 0) is 46.4 Å². The first-order valence-corrected chi connectivity index (χ1v) is 15.0. The van der Waals surface area contributed by atoms with Gasteiger partial charge in [-0.15, -0.1) is 0 Å². The molecule has 0 saturated heterocycles. The fourth-order valence-electron chi connectivity index (χ4n) is 5.91. The van der Waals surface area contributed by atoms with Crippen LogP contribution in [0.1, 0.15) is 65.4 Å². The van der Waals surface area contributed by atoms with Gasteiger partial charge in [-0.2, -0.15) is 0 Å². The summed E-state index contributed by atoms with van der Waals surface area (Å²) in [4.78, 5) is 0. The van der Waals surface area contributed by atoms with E-state index in [0.717, 1.165) is 17.6 Å². The van der Waals surface area contributed by atoms with E-state index in [-0.39, 0.29) is 5.41 Å². The summed E-state index contributed by atoms with van der Waals surface area (Å²) in [5.74, 6) is 2.72. The van der Waals surface area contributed by atoms with Crippen LogP contribution < -0.4 is 9.92 Å². The first-order chi connectivity index (χ1) is 14.2. The largest absolute Gasteiger partial charge is 0.489 e. The van der Waals surface area contributed by atoms with E-state index in [1.165, 1.54) is 42.9 Å². The molecule has 164 valence electrons. The monoisotopic (exact) mass is 422 g/mol. The Hall–Kier alpha value is -1.54. The maximum Gasteiger partial charge on any atom is 0.122 e. The molecule has 2 heteroatoms. The summed E-state index contributed by atoms with van der Waals surface area (Å²) >= 11 is 0. The van der Waals surface area contributed by atoms with Crippen LogP contribution in [0.5, 0.6) is 5.75 Å². The predicted octanol–water partition coefficient (Wildman–Crippen LogP) is 7.55. The van der Waals surface area contributed by atoms with Crippen molar-refractivity contribution in [3.63, 3.8) is 0 Å². The van der Waals surface area contributed by atoms with Crippen molar-refractivity contribution in [2.45, 2.75) is 83.8 Å². The van der Waals surface area contributed by atoms with Gasteiger partial charge in [0.1, 0.15) is 12.4 Å². The van der Waals surface area contributed by atoms with E-state index in [1.807, 2.05) is 6.08 Å². The minimum Gasteiger partial charge on any atom is -0.489 e. The summed E-state index contributed by atoms with van der Waals surface area (Å²) in [5.41, 5.74) is 3.84. The van der Waals surface area contributed by atoms with Crippen LogP contribution in [0.25, 0.3) is 0 Å². The lowest BCUT2D eigenvalue weighted by molar-refractivity contribution is 0.353. The Morgan fingerprint density at radius 2 is 2.00 bits per heavy atom. The molecule has 0 aromatic heterocycles. The van der Waals surface area contributed by atoms with Gasteiger partial charge in [0.2, 0.25) is 0 Å². The van der Waals surface area contributed by atoms with Gasteiger partial charge in [0.15, 0.2) is 0 Å². The highest BCUT2D eigenvalue weighted by Gasteiger charge is 2.49. The predicted molar refractivity (Wildman–Crippen MR) is 135 cm³/mol. The summed E-state index contributed by atoms with van der Waals surface area (Å²) in [6.07, 6.45) is 15.7. The molecule has 1 aromatic rings. The summed E-state index contributed by atoms with van der Waals surface area (Å²) < 4.78 is 6.43. The molecule has 0 amide bonds. The highest BCUT2D eigenvalue weighted by molar-refractivity contribution is 6.92. The lowest BCUT2D eigenvalue weighted by Crippen LogP contribution is -2.49. The lowest BCUT2D eigenvalue weighted by Gasteiger charge is -2.38. The van der Waals surface area contributed by atoms with Crippen LogP contribution in [-0.4, -0.2) is 14.7 Å². The topological polar surface area (TPSA) is 9.23 Å². The van der Waals surface area contributed by atoms with Crippen molar-refractivity contribution in [3.8, 4) is 5.75 Å². The van der Waals surface area contributed by atoms with Crippen molar-refractivity contribution in [1.82, 2.24) is 0 Å². The van der Waals surface area contributed by atoms with E-state index < -0.39 is 8.07 Å². The Kier molecular flexibility index (Phi) is 7.17. The number of hydrogen-bond donors (Lipinski definition) is 0. The van der Waals surface area contributed by atoms with E-state index in [0.29, 0.717) is 12.1 Å². The summed E-state index contributed by atoms with van der Waals surface area (Å²) in [7, 11) is -1.83. The molecule has 1 aromatic carbocycles. The van der Waals surface area contributed by atoms with Crippen LogP contribution in [0.3, 0.4) is 0 Å². The highest BCUT2D eigenvalue weighted by Crippen LogP contribution is 2.54. The molecule has 1 fully saturated rings. The molecule has 1 saturated carbocycles. The molecular weight excluding hydrogens is 380 g/mol. The van der Waals surface area contributed by atoms with Crippen molar-refractivity contribution in [2.24, 2.45) is 11.8 Å². The van der Waals surface area contributed by atoms with Crippen LogP contribution in [0.4, 0.5) is 0 Å². The second-order valence-electron chi connectivity index (χ2n) is 10.9. The smallest absolute Gasteiger partial charge is 0.122 e. The van der Waals surface area contributed by atoms with Gasteiger partial charge in [-0.25, -0.2) is 0 Å². The molecule has 1 nitrogen and oxygen atoms in total. The second-order valence-corrected chi connectivity index (χ2v) is 15.5. The molecule has 0 aliphatic heterocycles. The number of fused-ring (bicyclic) bond motifs is 1. The molecule has 0 spiro atoms. The first kappa shape index (κ1) is 23.1. The van der Waals surface area contributed by atoms with E-state index in [2.05, 4.69) is 83.8 Å². The minimum atomic E-state index is -1.83. The third kappa shape index (κ3) is 4.54. The number of unbranched alkanes of at least 4 members (excludes halogenated alkanes) is 1. The molecule has 30 heavy (non-hydrogen) atoms. The van der Waals surface area contributed by atoms with E-state index in [1.54, 1.807) is 5.57 Å². The van der Waals surface area contributed by atoms with Gasteiger partial charge >= 0.3 is 0 Å². The quantitative estimate of drug-likeness (QED) is 0.310. The number of allylic oxidation sites excluding steroid dienone is 4. The third-order valence-electron chi connectivity index (χ3n) is 7.30. The van der Waals surface area contributed by atoms with Crippen molar-refractivity contribution in [3.05, 3.63) is 60.2 Å². The normalized spacial score (nSPS) is 23.8. The number of rotatable bonds is 8. The van der Waals surface area contributed by atoms with Crippen LogP contribution in [-0.2, 0) is 5.41 Å². The van der Waals surface area contributed by atoms with Gasteiger partial charge in [0.05, 0.1) is 8.07 Å². The molecule has 0 radical (unpaired) electrons. The minimum absolute atomic E-state index is 0.0592. The average Bonchev–Trinajstić information content (AvgIpc) is 3.08. The lowest BCUT2D eigenvalue weighted by atomic mass is 9.86. The molecule has 0 bridgehead atoms. The van der Waals surface area contributed by atoms with Crippen molar-refractivity contribution < 1.29 is 4.74 Å². The number of hydrogen-bond acceptors (Lipinski definition) is 1.